The molecule has 0 aromatic carbocycles. The summed E-state index contributed by atoms with van der Waals surface area (Å²) in [7, 11) is 1.85. The van der Waals surface area contributed by atoms with Gasteiger partial charge in [-0.15, -0.1) is 0 Å². The lowest BCUT2D eigenvalue weighted by atomic mass is 10.2. The predicted molar refractivity (Wildman–Crippen MR) is 87.6 cm³/mol. The van der Waals surface area contributed by atoms with Crippen molar-refractivity contribution >= 4 is 13.8 Å². The molecule has 0 saturated heterocycles. The Morgan fingerprint density at radius 1 is 1.38 bits per heavy atom. The lowest BCUT2D eigenvalue weighted by Crippen LogP contribution is -2.18. The molecule has 0 heterocycles. The molecule has 6 heteroatoms. The minimum absolute atomic E-state index is 0.116. The van der Waals surface area contributed by atoms with Crippen LogP contribution in [0.1, 0.15) is 33.6 Å². The van der Waals surface area contributed by atoms with Crippen LogP contribution in [0.3, 0.4) is 0 Å². The van der Waals surface area contributed by atoms with Gasteiger partial charge in [0.05, 0.1) is 0 Å². The largest absolute Gasteiger partial charge is 0.478 e. The number of allylic oxidation sites excluding steroid dienone is 1. The highest BCUT2D eigenvalue weighted by Gasteiger charge is 2.23. The van der Waals surface area contributed by atoms with Crippen LogP contribution in [0.15, 0.2) is 11.6 Å². The van der Waals surface area contributed by atoms with Crippen LogP contribution in [-0.2, 0) is 14.1 Å². The fourth-order valence-corrected chi connectivity index (χ4v) is 4.01. The molecule has 0 aliphatic carbocycles. The van der Waals surface area contributed by atoms with Gasteiger partial charge in [-0.2, -0.15) is 0 Å². The van der Waals surface area contributed by atoms with E-state index in [1.165, 1.54) is 0 Å². The summed E-state index contributed by atoms with van der Waals surface area (Å²) in [5.41, 5.74) is 0.253. The topological polar surface area (TPSA) is 66.8 Å². The maximum absolute atomic E-state index is 12.4. The van der Waals surface area contributed by atoms with Crippen molar-refractivity contribution in [1.82, 2.24) is 4.90 Å². The number of hydrogen-bond acceptors (Lipinski definition) is 4. The molecule has 0 rings (SSSR count). The van der Waals surface area contributed by atoms with E-state index in [1.807, 2.05) is 34.9 Å². The molecule has 0 saturated carbocycles. The fourth-order valence-electron chi connectivity index (χ4n) is 2.04. The summed E-state index contributed by atoms with van der Waals surface area (Å²) in [5, 5.41) is 9.24. The lowest BCUT2D eigenvalue weighted by Gasteiger charge is -2.20. The molecule has 0 amide bonds. The van der Waals surface area contributed by atoms with E-state index in [9.17, 15) is 14.5 Å². The van der Waals surface area contributed by atoms with Crippen LogP contribution in [-0.4, -0.2) is 55.2 Å². The van der Waals surface area contributed by atoms with Gasteiger partial charge in [0, 0.05) is 18.3 Å². The number of nitrogens with zero attached hydrogens (tertiary/aromatic N) is 1. The summed E-state index contributed by atoms with van der Waals surface area (Å²) in [6, 6.07) is 0. The molecular weight excluding hydrogens is 289 g/mol. The average molecular weight is 319 g/mol. The van der Waals surface area contributed by atoms with Crippen molar-refractivity contribution in [2.75, 3.05) is 33.4 Å². The van der Waals surface area contributed by atoms with E-state index in [0.29, 0.717) is 13.0 Å². The highest BCUT2D eigenvalue weighted by molar-refractivity contribution is 7.45. The molecule has 0 fully saturated rings. The van der Waals surface area contributed by atoms with Crippen LogP contribution in [0.2, 0.25) is 0 Å². The summed E-state index contributed by atoms with van der Waals surface area (Å²) in [4.78, 5) is 13.3. The maximum atomic E-state index is 12.4. The first kappa shape index (κ1) is 20.4. The first-order valence-corrected chi connectivity index (χ1v) is 9.20. The third-order valence-electron chi connectivity index (χ3n) is 3.11. The molecule has 124 valence electrons. The highest BCUT2D eigenvalue weighted by Crippen LogP contribution is 2.36. The van der Waals surface area contributed by atoms with E-state index in [0.717, 1.165) is 13.0 Å². The Morgan fingerprint density at radius 2 is 2.00 bits per heavy atom. The third kappa shape index (κ3) is 9.07. The van der Waals surface area contributed by atoms with Gasteiger partial charge in [0.25, 0.3) is 0 Å². The molecule has 2 atom stereocenters. The smallest absolute Gasteiger partial charge is 0.331 e. The molecule has 0 bridgehead atoms. The van der Waals surface area contributed by atoms with Crippen molar-refractivity contribution in [3.63, 3.8) is 0 Å². The van der Waals surface area contributed by atoms with Crippen molar-refractivity contribution in [2.45, 2.75) is 39.5 Å². The molecule has 2 unspecified atom stereocenters. The van der Waals surface area contributed by atoms with Gasteiger partial charge in [0.2, 0.25) is 0 Å². The van der Waals surface area contributed by atoms with Gasteiger partial charge < -0.3 is 19.3 Å². The van der Waals surface area contributed by atoms with Gasteiger partial charge in [-0.05, 0) is 46.3 Å². The van der Waals surface area contributed by atoms with Gasteiger partial charge >= 0.3 is 5.97 Å². The fraction of sp³-hybridized carbons (Fsp3) is 0.800. The number of ether oxygens (including phenoxy) is 1. The van der Waals surface area contributed by atoms with E-state index in [1.54, 1.807) is 6.08 Å². The van der Waals surface area contributed by atoms with Gasteiger partial charge in [-0.1, -0.05) is 19.9 Å². The number of aliphatic carboxylic acids is 1. The van der Waals surface area contributed by atoms with Gasteiger partial charge in [0.1, 0.15) is 13.6 Å². The summed E-state index contributed by atoms with van der Waals surface area (Å²) in [6.45, 7) is 7.16. The zero-order valence-electron chi connectivity index (χ0n) is 13.9. The predicted octanol–water partition coefficient (Wildman–Crippen LogP) is 2.92. The molecule has 0 aromatic heterocycles. The van der Waals surface area contributed by atoms with Crippen molar-refractivity contribution < 1.29 is 19.2 Å². The van der Waals surface area contributed by atoms with Crippen LogP contribution in [0.5, 0.6) is 0 Å². The zero-order valence-corrected chi connectivity index (χ0v) is 14.9. The summed E-state index contributed by atoms with van der Waals surface area (Å²) >= 11 is 0. The monoisotopic (exact) mass is 319 g/mol. The lowest BCUT2D eigenvalue weighted by molar-refractivity contribution is -0.132. The van der Waals surface area contributed by atoms with E-state index >= 15 is 0 Å². The van der Waals surface area contributed by atoms with E-state index in [-0.39, 0.29) is 23.5 Å². The first-order chi connectivity index (χ1) is 9.79. The van der Waals surface area contributed by atoms with Gasteiger partial charge in [-0.25, -0.2) is 4.79 Å². The second-order valence-electron chi connectivity index (χ2n) is 5.74. The highest BCUT2D eigenvalue weighted by atomic mass is 31.1. The summed E-state index contributed by atoms with van der Waals surface area (Å²) in [6.07, 6.45) is 3.41. The van der Waals surface area contributed by atoms with Crippen molar-refractivity contribution in [2.24, 2.45) is 5.92 Å². The average Bonchev–Trinajstić information content (AvgIpc) is 2.38. The van der Waals surface area contributed by atoms with E-state index in [2.05, 4.69) is 4.90 Å². The van der Waals surface area contributed by atoms with Crippen LogP contribution < -0.4 is 0 Å². The molecule has 21 heavy (non-hydrogen) atoms. The minimum atomic E-state index is -2.12. The normalized spacial score (nSPS) is 15.5. The second kappa shape index (κ2) is 11.0. The molecule has 0 aromatic rings. The third-order valence-corrected chi connectivity index (χ3v) is 5.31. The van der Waals surface area contributed by atoms with Crippen LogP contribution in [0, 0.1) is 5.92 Å². The number of unbranched alkanes of at least 4 members (excludes halogenated alkanes) is 1. The molecule has 0 spiro atoms. The van der Waals surface area contributed by atoms with E-state index in [4.69, 9.17) is 4.74 Å². The Bertz CT molecular complexity index is 367. The standard InChI is InChI=1S/C15H30NO4P/c1-6-20-15(12(2)3)21(19)11-13(14(17)18)9-7-8-10-16(4)5/h9,12,15,21H,6-8,10-11H2,1-5H3,(H,17,18)/b13-9+. The zero-order chi connectivity index (χ0) is 16.4. The van der Waals surface area contributed by atoms with Crippen molar-refractivity contribution in [3.8, 4) is 0 Å². The van der Waals surface area contributed by atoms with Crippen LogP contribution in [0.25, 0.3) is 0 Å². The Balaban J connectivity index is 4.64. The number of carboxylic acids is 1. The Hall–Kier alpha value is -0.640. The van der Waals surface area contributed by atoms with Crippen molar-refractivity contribution in [1.29, 1.82) is 0 Å². The molecule has 0 aliphatic heterocycles. The Labute approximate surface area is 129 Å². The molecule has 5 nitrogen and oxygen atoms in total. The van der Waals surface area contributed by atoms with Crippen LogP contribution in [0.4, 0.5) is 0 Å². The Morgan fingerprint density at radius 3 is 2.43 bits per heavy atom. The number of hydrogen-bond donors (Lipinski definition) is 1. The van der Waals surface area contributed by atoms with Crippen LogP contribution >= 0.6 is 7.80 Å². The summed E-state index contributed by atoms with van der Waals surface area (Å²) in [5.74, 6) is -1.19. The number of carbonyl (C=O) groups is 1. The maximum Gasteiger partial charge on any atom is 0.331 e. The SMILES string of the molecule is CCOC(C(C)C)[PH](=O)C/C(=C\CCCN(C)C)C(=O)O. The quantitative estimate of drug-likeness (QED) is 0.360. The van der Waals surface area contributed by atoms with Gasteiger partial charge in [0.15, 0.2) is 0 Å². The molecule has 1 N–H and O–H groups in total. The minimum Gasteiger partial charge on any atom is -0.478 e. The van der Waals surface area contributed by atoms with E-state index < -0.39 is 13.8 Å². The number of rotatable bonds is 11. The van der Waals surface area contributed by atoms with Gasteiger partial charge in [-0.3, -0.25) is 0 Å². The second-order valence-corrected chi connectivity index (χ2v) is 7.60. The first-order valence-electron chi connectivity index (χ1n) is 7.50. The molecular formula is C15H30NO4P. The number of carboxylic acid groups (broad SMARTS) is 1. The van der Waals surface area contributed by atoms with Crippen molar-refractivity contribution in [3.05, 3.63) is 11.6 Å². The Kier molecular flexibility index (Phi) is 10.7. The molecule has 0 aliphatic rings. The summed E-state index contributed by atoms with van der Waals surface area (Å²) < 4.78 is 17.9. The molecule has 0 radical (unpaired) electrons.